The first kappa shape index (κ1) is 88.1. The van der Waals surface area contributed by atoms with E-state index < -0.39 is 97.5 Å². The molecule has 0 aliphatic heterocycles. The van der Waals surface area contributed by atoms with Crippen molar-refractivity contribution in [3.8, 4) is 0 Å². The van der Waals surface area contributed by atoms with Crippen LogP contribution in [0.4, 0.5) is 0 Å². The minimum atomic E-state index is -4.95. The van der Waals surface area contributed by atoms with Crippen molar-refractivity contribution in [2.45, 2.75) is 369 Å². The number of hydrogen-bond donors (Lipinski definition) is 3. The molecule has 0 saturated heterocycles. The van der Waals surface area contributed by atoms with E-state index in [1.54, 1.807) is 0 Å². The van der Waals surface area contributed by atoms with Crippen LogP contribution in [0.1, 0.15) is 351 Å². The lowest BCUT2D eigenvalue weighted by Gasteiger charge is -2.21. The van der Waals surface area contributed by atoms with E-state index >= 15 is 0 Å². The number of rotatable bonds is 68. The summed E-state index contributed by atoms with van der Waals surface area (Å²) < 4.78 is 68.3. The van der Waals surface area contributed by atoms with Gasteiger partial charge in [-0.05, 0) is 49.4 Å². The standard InChI is InChI=1S/C71H138O17P2/c1-61(2)47-39-31-23-16-13-11-9-10-12-14-18-27-35-43-51-68(73)81-57-66(88-71(76)54-46-38-29-21-20-25-33-41-49-63(5)6)59-85-89(77,78)83-55-65(72)56-84-90(79,80)86-60-67(58-82-69(74)52-44-36-30-22-26-34-42-50-64(7)8)87-70(75)53-45-37-28-19-15-17-24-32-40-48-62(3)4/h61-67,72H,9-60H2,1-8H3,(H,77,78)(H,79,80)/t65?,66-,67-/m1/s1. The van der Waals surface area contributed by atoms with Crippen molar-refractivity contribution in [2.75, 3.05) is 39.6 Å². The summed E-state index contributed by atoms with van der Waals surface area (Å²) in [4.78, 5) is 72.5. The molecule has 0 heterocycles. The molecular formula is C71H138O17P2. The topological polar surface area (TPSA) is 237 Å². The van der Waals surface area contributed by atoms with Gasteiger partial charge in [-0.25, -0.2) is 9.13 Å². The van der Waals surface area contributed by atoms with Crippen LogP contribution in [0.5, 0.6) is 0 Å². The van der Waals surface area contributed by atoms with Gasteiger partial charge >= 0.3 is 39.5 Å². The molecule has 534 valence electrons. The van der Waals surface area contributed by atoms with Crippen molar-refractivity contribution in [1.82, 2.24) is 0 Å². The van der Waals surface area contributed by atoms with Crippen molar-refractivity contribution in [2.24, 2.45) is 23.7 Å². The van der Waals surface area contributed by atoms with Crippen LogP contribution < -0.4 is 0 Å². The second-order valence-electron chi connectivity index (χ2n) is 27.5. The van der Waals surface area contributed by atoms with Gasteiger partial charge in [-0.3, -0.25) is 37.3 Å². The third-order valence-corrected chi connectivity index (χ3v) is 18.2. The van der Waals surface area contributed by atoms with Crippen LogP contribution in [0.15, 0.2) is 0 Å². The number of phosphoric acid groups is 2. The van der Waals surface area contributed by atoms with Gasteiger partial charge in [0.15, 0.2) is 12.2 Å². The Morgan fingerprint density at radius 2 is 0.467 bits per heavy atom. The molecule has 0 saturated carbocycles. The van der Waals surface area contributed by atoms with Gasteiger partial charge in [-0.2, -0.15) is 0 Å². The highest BCUT2D eigenvalue weighted by Gasteiger charge is 2.30. The van der Waals surface area contributed by atoms with Gasteiger partial charge in [0.25, 0.3) is 0 Å². The minimum absolute atomic E-state index is 0.104. The predicted octanol–water partition coefficient (Wildman–Crippen LogP) is 20.1. The number of aliphatic hydroxyl groups excluding tert-OH is 1. The SMILES string of the molecule is CC(C)CCCCCCCCCCCCCCCCC(=O)OC[C@H](COP(=O)(O)OCC(O)COP(=O)(O)OC[C@@H](COC(=O)CCCCCCCCCC(C)C)OC(=O)CCCCCCCCCCCC(C)C)OC(=O)CCCCCCCCCCC(C)C. The number of esters is 4. The average molecular weight is 1330 g/mol. The van der Waals surface area contributed by atoms with E-state index in [-0.39, 0.29) is 25.7 Å². The fraction of sp³-hybridized carbons (Fsp3) is 0.944. The maximum absolute atomic E-state index is 13.0. The summed E-state index contributed by atoms with van der Waals surface area (Å²) in [6.07, 6.45) is 43.2. The number of hydrogen-bond acceptors (Lipinski definition) is 15. The molecular weight excluding hydrogens is 1190 g/mol. The van der Waals surface area contributed by atoms with E-state index in [2.05, 4.69) is 55.4 Å². The molecule has 0 fully saturated rings. The molecule has 3 unspecified atom stereocenters. The lowest BCUT2D eigenvalue weighted by Crippen LogP contribution is -2.30. The summed E-state index contributed by atoms with van der Waals surface area (Å²) in [7, 11) is -9.90. The molecule has 0 aliphatic rings. The molecule has 19 heteroatoms. The molecule has 0 radical (unpaired) electrons. The van der Waals surface area contributed by atoms with Crippen LogP contribution in [0, 0.1) is 23.7 Å². The molecule has 17 nitrogen and oxygen atoms in total. The summed E-state index contributed by atoms with van der Waals surface area (Å²) in [5.74, 6) is 0.828. The lowest BCUT2D eigenvalue weighted by atomic mass is 10.0. The van der Waals surface area contributed by atoms with Crippen molar-refractivity contribution >= 4 is 39.5 Å². The zero-order valence-electron chi connectivity index (χ0n) is 58.8. The molecule has 0 aromatic rings. The number of unbranched alkanes of at least 4 members (excludes halogenated alkanes) is 34. The highest BCUT2D eigenvalue weighted by Crippen LogP contribution is 2.45. The number of ether oxygens (including phenoxy) is 4. The van der Waals surface area contributed by atoms with E-state index in [1.165, 1.54) is 148 Å². The molecule has 0 amide bonds. The Balaban J connectivity index is 5.22. The Hall–Kier alpha value is -1.94. The molecule has 0 spiro atoms. The van der Waals surface area contributed by atoms with Crippen molar-refractivity contribution in [3.05, 3.63) is 0 Å². The first-order valence-corrected chi connectivity index (χ1v) is 39.7. The highest BCUT2D eigenvalue weighted by atomic mass is 31.2. The largest absolute Gasteiger partial charge is 0.472 e. The summed E-state index contributed by atoms with van der Waals surface area (Å²) in [6.45, 7) is 14.1. The van der Waals surface area contributed by atoms with E-state index in [0.29, 0.717) is 31.6 Å². The highest BCUT2D eigenvalue weighted by molar-refractivity contribution is 7.47. The van der Waals surface area contributed by atoms with Crippen LogP contribution in [0.2, 0.25) is 0 Å². The van der Waals surface area contributed by atoms with Crippen LogP contribution in [0.25, 0.3) is 0 Å². The monoisotopic (exact) mass is 1320 g/mol. The van der Waals surface area contributed by atoms with E-state index in [9.17, 15) is 43.2 Å². The zero-order chi connectivity index (χ0) is 66.8. The quantitative estimate of drug-likeness (QED) is 0.0222. The Morgan fingerprint density at radius 1 is 0.278 bits per heavy atom. The molecule has 0 rings (SSSR count). The molecule has 0 aliphatic carbocycles. The minimum Gasteiger partial charge on any atom is -0.462 e. The summed E-state index contributed by atoms with van der Waals surface area (Å²) in [5, 5.41) is 10.6. The van der Waals surface area contributed by atoms with Crippen molar-refractivity contribution in [3.63, 3.8) is 0 Å². The van der Waals surface area contributed by atoms with E-state index in [0.717, 1.165) is 114 Å². The van der Waals surface area contributed by atoms with Crippen LogP contribution >= 0.6 is 15.6 Å². The van der Waals surface area contributed by atoms with Crippen LogP contribution in [-0.2, 0) is 65.4 Å². The van der Waals surface area contributed by atoms with Gasteiger partial charge in [0.05, 0.1) is 26.4 Å². The first-order chi connectivity index (χ1) is 43.1. The van der Waals surface area contributed by atoms with Crippen molar-refractivity contribution < 1.29 is 80.2 Å². The van der Waals surface area contributed by atoms with Gasteiger partial charge in [-0.1, -0.05) is 299 Å². The van der Waals surface area contributed by atoms with Gasteiger partial charge in [0.2, 0.25) is 0 Å². The van der Waals surface area contributed by atoms with Gasteiger partial charge in [0, 0.05) is 25.7 Å². The number of carbonyl (C=O) groups excluding carboxylic acids is 4. The normalized spacial score (nSPS) is 14.3. The van der Waals surface area contributed by atoms with E-state index in [4.69, 9.17) is 37.0 Å². The van der Waals surface area contributed by atoms with Gasteiger partial charge < -0.3 is 33.8 Å². The molecule has 0 aromatic carbocycles. The van der Waals surface area contributed by atoms with Crippen LogP contribution in [0.3, 0.4) is 0 Å². The Kier molecular flexibility index (Phi) is 59.4. The predicted molar refractivity (Wildman–Crippen MR) is 363 cm³/mol. The maximum atomic E-state index is 13.0. The molecule has 90 heavy (non-hydrogen) atoms. The lowest BCUT2D eigenvalue weighted by molar-refractivity contribution is -0.161. The molecule has 0 bridgehead atoms. The summed E-state index contributed by atoms with van der Waals surface area (Å²) in [5.41, 5.74) is 0. The van der Waals surface area contributed by atoms with Crippen molar-refractivity contribution in [1.29, 1.82) is 0 Å². The Bertz CT molecular complexity index is 1780. The molecule has 0 aromatic heterocycles. The van der Waals surface area contributed by atoms with Gasteiger partial charge in [0.1, 0.15) is 19.3 Å². The fourth-order valence-corrected chi connectivity index (χ4v) is 12.2. The third-order valence-electron chi connectivity index (χ3n) is 16.3. The Labute approximate surface area is 549 Å². The third kappa shape index (κ3) is 64.8. The number of phosphoric ester groups is 2. The van der Waals surface area contributed by atoms with Crippen LogP contribution in [-0.4, -0.2) is 96.7 Å². The summed E-state index contributed by atoms with van der Waals surface area (Å²) >= 11 is 0. The average Bonchev–Trinajstić information content (AvgIpc) is 3.46. The summed E-state index contributed by atoms with van der Waals surface area (Å²) in [6, 6.07) is 0. The number of aliphatic hydroxyl groups is 1. The van der Waals surface area contributed by atoms with E-state index in [1.807, 2.05) is 0 Å². The fourth-order valence-electron chi connectivity index (χ4n) is 10.7. The maximum Gasteiger partial charge on any atom is 0.472 e. The first-order valence-electron chi connectivity index (χ1n) is 36.7. The smallest absolute Gasteiger partial charge is 0.462 e. The number of carbonyl (C=O) groups is 4. The Morgan fingerprint density at radius 3 is 0.689 bits per heavy atom. The second-order valence-corrected chi connectivity index (χ2v) is 30.4. The molecule has 5 atom stereocenters. The second kappa shape index (κ2) is 60.7. The van der Waals surface area contributed by atoms with Gasteiger partial charge in [-0.15, -0.1) is 0 Å². The zero-order valence-corrected chi connectivity index (χ0v) is 60.6. The molecule has 3 N–H and O–H groups in total.